The Bertz CT molecular complexity index is 3870. The lowest BCUT2D eigenvalue weighted by Crippen LogP contribution is -2.23. The van der Waals surface area contributed by atoms with E-state index in [1.807, 2.05) is 60.7 Å². The van der Waals surface area contributed by atoms with Gasteiger partial charge in [-0.1, -0.05) is 146 Å². The van der Waals surface area contributed by atoms with Crippen molar-refractivity contribution in [1.82, 2.24) is 9.97 Å². The van der Waals surface area contributed by atoms with Gasteiger partial charge in [0.05, 0.1) is 56.6 Å². The van der Waals surface area contributed by atoms with E-state index < -0.39 is 0 Å². The van der Waals surface area contributed by atoms with Gasteiger partial charge in [-0.15, -0.1) is 0 Å². The normalized spacial score (nSPS) is 12.6. The first-order valence-electron chi connectivity index (χ1n) is 25.5. The molecule has 76 heavy (non-hydrogen) atoms. The van der Waals surface area contributed by atoms with Gasteiger partial charge in [-0.25, -0.2) is 9.97 Å². The van der Waals surface area contributed by atoms with Crippen molar-refractivity contribution in [3.8, 4) is 45.2 Å². The molecule has 2 aliphatic rings. The molecule has 15 rings (SSSR count). The molecule has 358 valence electrons. The second-order valence-electron chi connectivity index (χ2n) is 18.9. The molecule has 0 spiro atoms. The first kappa shape index (κ1) is 43.2. The summed E-state index contributed by atoms with van der Waals surface area (Å²) in [6, 6.07) is 93.1. The number of fused-ring (bicyclic) bond motifs is 6. The third-order valence-corrected chi connectivity index (χ3v) is 14.5. The second-order valence-corrected chi connectivity index (χ2v) is 18.9. The minimum absolute atomic E-state index is 0.510. The lowest BCUT2D eigenvalue weighted by Gasteiger charge is -2.40. The molecule has 8 heteroatoms. The Balaban J connectivity index is 0.901. The van der Waals surface area contributed by atoms with E-state index in [1.165, 1.54) is 0 Å². The molecule has 0 saturated carbocycles. The SMILES string of the molecule is c1ccc(-c2nc3c(-c4ccc(N5c6ccccc6N(c6ccccc6)c6ccccc65)cc4)c4oc(-c5ccccc5)nc4c(-c4ccc(N5c6ccccc6N(c6ccccc6)c6ccccc65)cc4)c3o2)cc1. The van der Waals surface area contributed by atoms with E-state index >= 15 is 0 Å². The van der Waals surface area contributed by atoms with Gasteiger partial charge in [0.25, 0.3) is 0 Å². The molecule has 0 aliphatic carbocycles. The van der Waals surface area contributed by atoms with E-state index in [9.17, 15) is 0 Å². The number of hydrogen-bond donors (Lipinski definition) is 0. The van der Waals surface area contributed by atoms with Crippen LogP contribution in [-0.2, 0) is 0 Å². The van der Waals surface area contributed by atoms with Crippen LogP contribution in [0.5, 0.6) is 0 Å². The molecule has 0 amide bonds. The fourth-order valence-electron chi connectivity index (χ4n) is 11.2. The summed E-state index contributed by atoms with van der Waals surface area (Å²) in [5.41, 5.74) is 20.7. The van der Waals surface area contributed by atoms with Crippen molar-refractivity contribution in [3.05, 3.63) is 267 Å². The zero-order valence-corrected chi connectivity index (χ0v) is 40.9. The topological polar surface area (TPSA) is 65.0 Å². The highest BCUT2D eigenvalue weighted by Gasteiger charge is 2.33. The molecule has 0 atom stereocenters. The zero-order valence-electron chi connectivity index (χ0n) is 40.9. The number of aromatic nitrogens is 2. The summed E-state index contributed by atoms with van der Waals surface area (Å²) in [5.74, 6) is 1.02. The number of para-hydroxylation sites is 10. The third kappa shape index (κ3) is 6.92. The Morgan fingerprint density at radius 1 is 0.224 bits per heavy atom. The van der Waals surface area contributed by atoms with Gasteiger partial charge in [-0.3, -0.25) is 0 Å². The van der Waals surface area contributed by atoms with Crippen LogP contribution < -0.4 is 19.6 Å². The van der Waals surface area contributed by atoms with Gasteiger partial charge in [-0.05, 0) is 132 Å². The van der Waals surface area contributed by atoms with Crippen LogP contribution in [0, 0.1) is 0 Å². The summed E-state index contributed by atoms with van der Waals surface area (Å²) in [6.07, 6.45) is 0. The van der Waals surface area contributed by atoms with Gasteiger partial charge in [-0.2, -0.15) is 0 Å². The summed E-state index contributed by atoms with van der Waals surface area (Å²) in [6.45, 7) is 0. The van der Waals surface area contributed by atoms with Crippen LogP contribution in [0.15, 0.2) is 276 Å². The largest absolute Gasteiger partial charge is 0.435 e. The summed E-state index contributed by atoms with van der Waals surface area (Å²) < 4.78 is 14.1. The fourth-order valence-corrected chi connectivity index (χ4v) is 11.2. The number of anilines is 12. The standard InChI is InChI=1S/C68H44N6O2/c1-5-21-47(22-6-1)67-69-63-61(45-37-41-51(42-38-45)73-57-33-17-13-29-53(57)71(49-25-9-3-10-26-49)54-30-14-18-34-58(54)73)66-64(70-68(76-66)48-23-7-2-8-24-48)62(65(63)75-67)46-39-43-52(44-40-46)74-59-35-19-15-31-55(59)72(50-27-11-4-12-28-50)56-32-16-20-36-60(56)74/h1-44H. The van der Waals surface area contributed by atoms with Crippen molar-refractivity contribution in [3.63, 3.8) is 0 Å². The minimum atomic E-state index is 0.510. The molecule has 11 aromatic carbocycles. The van der Waals surface area contributed by atoms with E-state index in [0.717, 1.165) is 102 Å². The number of benzene rings is 11. The minimum Gasteiger partial charge on any atom is -0.435 e. The summed E-state index contributed by atoms with van der Waals surface area (Å²) >= 11 is 0. The van der Waals surface area contributed by atoms with Crippen LogP contribution in [0.4, 0.5) is 68.2 Å². The Kier molecular flexibility index (Phi) is 10.0. The quantitative estimate of drug-likeness (QED) is 0.149. The number of hydrogen-bond acceptors (Lipinski definition) is 8. The molecule has 2 aromatic heterocycles. The van der Waals surface area contributed by atoms with E-state index in [1.54, 1.807) is 0 Å². The first-order valence-corrected chi connectivity index (χ1v) is 25.5. The highest BCUT2D eigenvalue weighted by molar-refractivity contribution is 6.17. The highest BCUT2D eigenvalue weighted by atomic mass is 16.4. The lowest BCUT2D eigenvalue weighted by atomic mass is 9.95. The van der Waals surface area contributed by atoms with Gasteiger partial charge in [0.2, 0.25) is 11.8 Å². The van der Waals surface area contributed by atoms with Crippen LogP contribution in [0.2, 0.25) is 0 Å². The van der Waals surface area contributed by atoms with Gasteiger partial charge in [0.15, 0.2) is 11.2 Å². The van der Waals surface area contributed by atoms with E-state index in [0.29, 0.717) is 34.0 Å². The Morgan fingerprint density at radius 3 is 0.737 bits per heavy atom. The van der Waals surface area contributed by atoms with E-state index in [4.69, 9.17) is 18.8 Å². The number of oxazole rings is 2. The average Bonchev–Trinajstić information content (AvgIpc) is 4.20. The van der Waals surface area contributed by atoms with Gasteiger partial charge >= 0.3 is 0 Å². The van der Waals surface area contributed by atoms with Gasteiger partial charge in [0, 0.05) is 33.9 Å². The molecule has 0 fully saturated rings. The highest BCUT2D eigenvalue weighted by Crippen LogP contribution is 2.56. The predicted octanol–water partition coefficient (Wildman–Crippen LogP) is 19.1. The lowest BCUT2D eigenvalue weighted by molar-refractivity contribution is 0.619. The summed E-state index contributed by atoms with van der Waals surface area (Å²) in [4.78, 5) is 20.1. The first-order chi connectivity index (χ1) is 37.7. The molecule has 0 radical (unpaired) electrons. The van der Waals surface area contributed by atoms with E-state index in [2.05, 4.69) is 226 Å². The van der Waals surface area contributed by atoms with Crippen molar-refractivity contribution < 1.29 is 8.83 Å². The molecule has 13 aromatic rings. The Morgan fingerprint density at radius 2 is 0.461 bits per heavy atom. The summed E-state index contributed by atoms with van der Waals surface area (Å²) in [5, 5.41) is 0. The van der Waals surface area contributed by atoms with Crippen molar-refractivity contribution >= 4 is 90.4 Å². The molecule has 8 nitrogen and oxygen atoms in total. The molecule has 0 bridgehead atoms. The average molecular weight is 977 g/mol. The van der Waals surface area contributed by atoms with Crippen LogP contribution in [0.3, 0.4) is 0 Å². The van der Waals surface area contributed by atoms with Crippen LogP contribution in [0.1, 0.15) is 0 Å². The molecule has 0 unspecified atom stereocenters. The van der Waals surface area contributed by atoms with Crippen LogP contribution in [-0.4, -0.2) is 9.97 Å². The molecule has 2 aliphatic heterocycles. The molecule has 4 heterocycles. The molecule has 0 saturated heterocycles. The smallest absolute Gasteiger partial charge is 0.227 e. The summed E-state index contributed by atoms with van der Waals surface area (Å²) in [7, 11) is 0. The van der Waals surface area contributed by atoms with Crippen LogP contribution >= 0.6 is 0 Å². The molecular weight excluding hydrogens is 933 g/mol. The van der Waals surface area contributed by atoms with E-state index in [-0.39, 0.29) is 0 Å². The van der Waals surface area contributed by atoms with Crippen molar-refractivity contribution in [1.29, 1.82) is 0 Å². The predicted molar refractivity (Wildman–Crippen MR) is 309 cm³/mol. The number of nitrogens with zero attached hydrogens (tertiary/aromatic N) is 6. The molecular formula is C68H44N6O2. The Labute approximate surface area is 438 Å². The molecule has 0 N–H and O–H groups in total. The number of rotatable bonds is 8. The third-order valence-electron chi connectivity index (χ3n) is 14.5. The van der Waals surface area contributed by atoms with Crippen molar-refractivity contribution in [2.24, 2.45) is 0 Å². The van der Waals surface area contributed by atoms with Gasteiger partial charge < -0.3 is 28.4 Å². The zero-order chi connectivity index (χ0) is 50.1. The maximum atomic E-state index is 7.04. The maximum Gasteiger partial charge on any atom is 0.227 e. The maximum absolute atomic E-state index is 7.04. The second kappa shape index (κ2) is 17.7. The monoisotopic (exact) mass is 976 g/mol. The Hall–Kier alpha value is -10.4. The van der Waals surface area contributed by atoms with Gasteiger partial charge in [0.1, 0.15) is 11.0 Å². The van der Waals surface area contributed by atoms with Crippen molar-refractivity contribution in [2.45, 2.75) is 0 Å². The van der Waals surface area contributed by atoms with Crippen molar-refractivity contribution in [2.75, 3.05) is 19.6 Å². The van der Waals surface area contributed by atoms with Crippen LogP contribution in [0.25, 0.3) is 67.4 Å². The fraction of sp³-hybridized carbons (Fsp3) is 0.